The van der Waals surface area contributed by atoms with Gasteiger partial charge in [0.25, 0.3) is 0 Å². The molecule has 1 aliphatic heterocycles. The van der Waals surface area contributed by atoms with Gasteiger partial charge in [0.2, 0.25) is 11.8 Å². The van der Waals surface area contributed by atoms with E-state index in [9.17, 15) is 9.59 Å². The molecule has 1 aliphatic rings. The minimum absolute atomic E-state index is 0.0808. The number of aromatic nitrogens is 1. The topological polar surface area (TPSA) is 74.8 Å². The number of para-hydroxylation sites is 1. The van der Waals surface area contributed by atoms with Gasteiger partial charge in [0.15, 0.2) is 0 Å². The fourth-order valence-corrected chi connectivity index (χ4v) is 4.53. The molecule has 34 heavy (non-hydrogen) atoms. The van der Waals surface area contributed by atoms with E-state index in [4.69, 9.17) is 4.74 Å². The van der Waals surface area contributed by atoms with E-state index in [-0.39, 0.29) is 18.2 Å². The lowest BCUT2D eigenvalue weighted by Gasteiger charge is -2.36. The average molecular weight is 479 g/mol. The fourth-order valence-electron chi connectivity index (χ4n) is 3.82. The summed E-state index contributed by atoms with van der Waals surface area (Å²) in [6.45, 7) is 5.79. The Balaban J connectivity index is 1.13. The van der Waals surface area contributed by atoms with Crippen molar-refractivity contribution in [2.24, 2.45) is 0 Å². The van der Waals surface area contributed by atoms with Crippen molar-refractivity contribution < 1.29 is 14.3 Å². The number of benzene rings is 2. The lowest BCUT2D eigenvalue weighted by molar-refractivity contribution is -0.131. The summed E-state index contributed by atoms with van der Waals surface area (Å²) in [5.74, 6) is 0.751. The van der Waals surface area contributed by atoms with E-state index in [0.29, 0.717) is 38.4 Å². The van der Waals surface area contributed by atoms with Crippen molar-refractivity contribution in [1.82, 2.24) is 15.2 Å². The highest BCUT2D eigenvalue weighted by Gasteiger charge is 2.21. The van der Waals surface area contributed by atoms with Crippen LogP contribution in [0.15, 0.2) is 60.0 Å². The maximum atomic E-state index is 12.5. The van der Waals surface area contributed by atoms with Gasteiger partial charge in [0.1, 0.15) is 17.4 Å². The van der Waals surface area contributed by atoms with E-state index in [1.54, 1.807) is 0 Å². The molecule has 0 saturated carbocycles. The van der Waals surface area contributed by atoms with Crippen LogP contribution in [0.1, 0.15) is 22.7 Å². The van der Waals surface area contributed by atoms with Crippen LogP contribution in [0, 0.1) is 6.92 Å². The highest BCUT2D eigenvalue weighted by atomic mass is 32.1. The van der Waals surface area contributed by atoms with E-state index in [1.807, 2.05) is 59.7 Å². The Kier molecular flexibility index (Phi) is 8.14. The third-order valence-corrected chi connectivity index (χ3v) is 6.61. The van der Waals surface area contributed by atoms with Crippen LogP contribution in [0.2, 0.25) is 0 Å². The van der Waals surface area contributed by atoms with Crippen LogP contribution in [0.4, 0.5) is 5.69 Å². The van der Waals surface area contributed by atoms with Crippen molar-refractivity contribution in [3.05, 3.63) is 76.2 Å². The monoisotopic (exact) mass is 478 g/mol. The quantitative estimate of drug-likeness (QED) is 0.510. The molecule has 178 valence electrons. The lowest BCUT2D eigenvalue weighted by Crippen LogP contribution is -2.49. The minimum atomic E-state index is -0.127. The summed E-state index contributed by atoms with van der Waals surface area (Å²) in [6, 6.07) is 18.1. The highest BCUT2D eigenvalue weighted by molar-refractivity contribution is 7.09. The van der Waals surface area contributed by atoms with Crippen molar-refractivity contribution in [2.45, 2.75) is 26.4 Å². The second-order valence-corrected chi connectivity index (χ2v) is 9.26. The summed E-state index contributed by atoms with van der Waals surface area (Å²) < 4.78 is 5.75. The average Bonchev–Trinajstić information content (AvgIpc) is 3.31. The number of piperazine rings is 1. The van der Waals surface area contributed by atoms with E-state index >= 15 is 0 Å². The molecule has 2 heterocycles. The van der Waals surface area contributed by atoms with Crippen molar-refractivity contribution in [3.8, 4) is 5.75 Å². The molecule has 1 N–H and O–H groups in total. The number of carbonyl (C=O) groups is 2. The van der Waals surface area contributed by atoms with E-state index in [2.05, 4.69) is 27.3 Å². The molecule has 0 unspecified atom stereocenters. The highest BCUT2D eigenvalue weighted by Crippen LogP contribution is 2.17. The number of carbonyl (C=O) groups excluding carboxylic acids is 2. The molecule has 2 amide bonds. The molecule has 3 aromatic rings. The Morgan fingerprint density at radius 3 is 2.50 bits per heavy atom. The van der Waals surface area contributed by atoms with Gasteiger partial charge in [-0.05, 0) is 31.2 Å². The van der Waals surface area contributed by atoms with Gasteiger partial charge in [-0.2, -0.15) is 0 Å². The molecular formula is C26H30N4O3S. The third kappa shape index (κ3) is 6.81. The molecule has 1 saturated heterocycles. The molecule has 8 heteroatoms. The summed E-state index contributed by atoms with van der Waals surface area (Å²) in [4.78, 5) is 33.5. The zero-order chi connectivity index (χ0) is 23.8. The Morgan fingerprint density at radius 2 is 1.76 bits per heavy atom. The number of nitrogens with one attached hydrogen (secondary N) is 1. The van der Waals surface area contributed by atoms with Crippen molar-refractivity contribution in [3.63, 3.8) is 0 Å². The predicted molar refractivity (Wildman–Crippen MR) is 134 cm³/mol. The summed E-state index contributed by atoms with van der Waals surface area (Å²) in [7, 11) is 0. The summed E-state index contributed by atoms with van der Waals surface area (Å²) in [5, 5.41) is 5.55. The van der Waals surface area contributed by atoms with Gasteiger partial charge in [-0.3, -0.25) is 9.59 Å². The van der Waals surface area contributed by atoms with Gasteiger partial charge in [-0.25, -0.2) is 4.98 Å². The van der Waals surface area contributed by atoms with Crippen molar-refractivity contribution in [1.29, 1.82) is 0 Å². The zero-order valence-corrected chi connectivity index (χ0v) is 20.2. The largest absolute Gasteiger partial charge is 0.486 e. The Hall–Kier alpha value is -3.39. The van der Waals surface area contributed by atoms with Gasteiger partial charge in [0.05, 0.1) is 12.1 Å². The number of amides is 2. The van der Waals surface area contributed by atoms with Crippen LogP contribution >= 0.6 is 11.3 Å². The summed E-state index contributed by atoms with van der Waals surface area (Å²) in [5.41, 5.74) is 3.09. The number of aryl methyl sites for hydroxylation is 1. The molecule has 0 aliphatic carbocycles. The number of ether oxygens (including phenoxy) is 1. The number of rotatable bonds is 9. The number of anilines is 1. The van der Waals surface area contributed by atoms with Crippen LogP contribution < -0.4 is 15.0 Å². The van der Waals surface area contributed by atoms with Gasteiger partial charge in [-0.15, -0.1) is 11.3 Å². The molecule has 4 rings (SSSR count). The standard InChI is InChI=1S/C26H30N4O3S/c1-20-7-9-23(10-8-20)33-18-25-28-21(19-34-25)17-24(31)27-12-11-26(32)30-15-13-29(14-16-30)22-5-3-2-4-6-22/h2-10,19H,11-18H2,1H3,(H,27,31). The van der Waals surface area contributed by atoms with E-state index < -0.39 is 0 Å². The smallest absolute Gasteiger partial charge is 0.226 e. The maximum absolute atomic E-state index is 12.5. The number of thiazole rings is 1. The van der Waals surface area contributed by atoms with Crippen LogP contribution in [0.3, 0.4) is 0 Å². The van der Waals surface area contributed by atoms with Gasteiger partial charge in [0, 0.05) is 50.2 Å². The van der Waals surface area contributed by atoms with Gasteiger partial charge >= 0.3 is 0 Å². The molecule has 0 atom stereocenters. The number of hydrogen-bond acceptors (Lipinski definition) is 6. The fraction of sp³-hybridized carbons (Fsp3) is 0.346. The van der Waals surface area contributed by atoms with E-state index in [1.165, 1.54) is 22.6 Å². The minimum Gasteiger partial charge on any atom is -0.486 e. The molecule has 7 nitrogen and oxygen atoms in total. The zero-order valence-electron chi connectivity index (χ0n) is 19.4. The van der Waals surface area contributed by atoms with Gasteiger partial charge < -0.3 is 19.9 Å². The first-order chi connectivity index (χ1) is 16.6. The van der Waals surface area contributed by atoms with Crippen LogP contribution in [-0.2, 0) is 22.6 Å². The molecule has 1 fully saturated rings. The maximum Gasteiger partial charge on any atom is 0.226 e. The Bertz CT molecular complexity index is 1080. The first-order valence-corrected chi connectivity index (χ1v) is 12.4. The van der Waals surface area contributed by atoms with Crippen LogP contribution in [-0.4, -0.2) is 54.4 Å². The number of nitrogens with zero attached hydrogens (tertiary/aromatic N) is 3. The lowest BCUT2D eigenvalue weighted by atomic mass is 10.2. The Labute approximate surface area is 204 Å². The second kappa shape index (κ2) is 11.7. The Morgan fingerprint density at radius 1 is 1.03 bits per heavy atom. The predicted octanol–water partition coefficient (Wildman–Crippen LogP) is 3.43. The summed E-state index contributed by atoms with van der Waals surface area (Å²) >= 11 is 1.48. The summed E-state index contributed by atoms with van der Waals surface area (Å²) in [6.07, 6.45) is 0.509. The molecule has 2 aromatic carbocycles. The SMILES string of the molecule is Cc1ccc(OCc2nc(CC(=O)NCCC(=O)N3CCN(c4ccccc4)CC3)cs2)cc1. The second-order valence-electron chi connectivity index (χ2n) is 8.31. The van der Waals surface area contributed by atoms with Crippen LogP contribution in [0.25, 0.3) is 0 Å². The number of hydrogen-bond donors (Lipinski definition) is 1. The van der Waals surface area contributed by atoms with Crippen LogP contribution in [0.5, 0.6) is 5.75 Å². The van der Waals surface area contributed by atoms with E-state index in [0.717, 1.165) is 23.8 Å². The van der Waals surface area contributed by atoms with Gasteiger partial charge in [-0.1, -0.05) is 35.9 Å². The molecule has 0 radical (unpaired) electrons. The van der Waals surface area contributed by atoms with Crippen molar-refractivity contribution >= 4 is 28.8 Å². The van der Waals surface area contributed by atoms with Crippen molar-refractivity contribution in [2.75, 3.05) is 37.6 Å². The molecular weight excluding hydrogens is 448 g/mol. The molecule has 0 bridgehead atoms. The normalized spacial score (nSPS) is 13.6. The first kappa shape index (κ1) is 23.8. The molecule has 1 aromatic heterocycles. The molecule has 0 spiro atoms. The first-order valence-electron chi connectivity index (χ1n) is 11.5. The third-order valence-electron chi connectivity index (χ3n) is 5.74.